The molecule has 1 aromatic rings. The minimum Gasteiger partial charge on any atom is -0.481 e. The third-order valence-electron chi connectivity index (χ3n) is 2.80. The molecule has 3 nitrogen and oxygen atoms in total. The molecule has 0 bridgehead atoms. The molecule has 0 saturated carbocycles. The predicted molar refractivity (Wildman–Crippen MR) is 56.0 cm³/mol. The smallest absolute Gasteiger partial charge is 0.307 e. The Morgan fingerprint density at radius 3 is 2.62 bits per heavy atom. The molecule has 2 rings (SSSR count). The van der Waals surface area contributed by atoms with Crippen molar-refractivity contribution in [1.29, 1.82) is 0 Å². The first-order chi connectivity index (χ1) is 7.60. The normalized spacial score (nSPS) is 24.6. The molecule has 0 aromatic heterocycles. The van der Waals surface area contributed by atoms with Crippen LogP contribution in [0.1, 0.15) is 17.5 Å². The number of alkyl halides is 1. The molecule has 1 heterocycles. The van der Waals surface area contributed by atoms with Crippen molar-refractivity contribution in [2.45, 2.75) is 18.5 Å². The van der Waals surface area contributed by atoms with Gasteiger partial charge in [0.2, 0.25) is 0 Å². The lowest BCUT2D eigenvalue weighted by Gasteiger charge is -2.17. The van der Waals surface area contributed by atoms with Crippen LogP contribution < -0.4 is 0 Å². The summed E-state index contributed by atoms with van der Waals surface area (Å²) in [5, 5.41) is 8.60. The van der Waals surface area contributed by atoms with Crippen LogP contribution in [-0.2, 0) is 21.6 Å². The molecule has 1 N–H and O–H groups in total. The molecule has 0 aliphatic carbocycles. The lowest BCUT2D eigenvalue weighted by Crippen LogP contribution is -2.19. The number of ether oxygens (including phenoxy) is 1. The van der Waals surface area contributed by atoms with Gasteiger partial charge in [-0.2, -0.15) is 0 Å². The highest BCUT2D eigenvalue weighted by Gasteiger charge is 2.36. The van der Waals surface area contributed by atoms with Crippen LogP contribution in [0.4, 0.5) is 4.39 Å². The SMILES string of the molecule is O=C(O)Cc1ccc(C2(F)CCOC2)cc1. The van der Waals surface area contributed by atoms with E-state index in [2.05, 4.69) is 0 Å². The number of benzene rings is 1. The summed E-state index contributed by atoms with van der Waals surface area (Å²) in [6, 6.07) is 6.60. The van der Waals surface area contributed by atoms with Crippen molar-refractivity contribution in [1.82, 2.24) is 0 Å². The average Bonchev–Trinajstić information content (AvgIpc) is 2.66. The number of carboxylic acids is 1. The Kier molecular flexibility index (Phi) is 2.92. The quantitative estimate of drug-likeness (QED) is 0.852. The van der Waals surface area contributed by atoms with Crippen molar-refractivity contribution < 1.29 is 19.0 Å². The molecule has 1 atom stereocenters. The van der Waals surface area contributed by atoms with Crippen LogP contribution >= 0.6 is 0 Å². The Balaban J connectivity index is 2.15. The van der Waals surface area contributed by atoms with Crippen molar-refractivity contribution >= 4 is 5.97 Å². The van der Waals surface area contributed by atoms with Gasteiger partial charge in [0.05, 0.1) is 19.6 Å². The second kappa shape index (κ2) is 4.22. The fourth-order valence-electron chi connectivity index (χ4n) is 1.86. The summed E-state index contributed by atoms with van der Waals surface area (Å²) in [6.45, 7) is 0.526. The van der Waals surface area contributed by atoms with E-state index in [0.717, 1.165) is 0 Å². The van der Waals surface area contributed by atoms with Gasteiger partial charge in [-0.05, 0) is 11.1 Å². The molecular weight excluding hydrogens is 211 g/mol. The van der Waals surface area contributed by atoms with E-state index in [4.69, 9.17) is 9.84 Å². The van der Waals surface area contributed by atoms with Gasteiger partial charge in [0.25, 0.3) is 0 Å². The summed E-state index contributed by atoms with van der Waals surface area (Å²) in [6.07, 6.45) is 0.335. The third kappa shape index (κ3) is 2.22. The van der Waals surface area contributed by atoms with Gasteiger partial charge in [-0.25, -0.2) is 4.39 Å². The Labute approximate surface area is 92.9 Å². The zero-order chi connectivity index (χ0) is 11.6. The molecule has 1 aromatic carbocycles. The highest BCUT2D eigenvalue weighted by atomic mass is 19.1. The number of hydrogen-bond donors (Lipinski definition) is 1. The van der Waals surface area contributed by atoms with E-state index in [1.54, 1.807) is 24.3 Å². The van der Waals surface area contributed by atoms with Gasteiger partial charge in [-0.1, -0.05) is 24.3 Å². The second-order valence-electron chi connectivity index (χ2n) is 4.04. The summed E-state index contributed by atoms with van der Waals surface area (Å²) in [5.41, 5.74) is -0.153. The average molecular weight is 224 g/mol. The van der Waals surface area contributed by atoms with Crippen LogP contribution in [0.15, 0.2) is 24.3 Å². The van der Waals surface area contributed by atoms with E-state index in [0.29, 0.717) is 24.2 Å². The first kappa shape index (κ1) is 11.1. The zero-order valence-electron chi connectivity index (χ0n) is 8.78. The molecule has 0 radical (unpaired) electrons. The van der Waals surface area contributed by atoms with Crippen LogP contribution in [0, 0.1) is 0 Å². The molecule has 4 heteroatoms. The molecule has 1 saturated heterocycles. The summed E-state index contributed by atoms with van der Waals surface area (Å²) < 4.78 is 19.2. The monoisotopic (exact) mass is 224 g/mol. The third-order valence-corrected chi connectivity index (χ3v) is 2.80. The standard InChI is InChI=1S/C12H13FO3/c13-12(5-6-16-8-12)10-3-1-9(2-4-10)7-11(14)15/h1-4H,5-8H2,(H,14,15). The van der Waals surface area contributed by atoms with Crippen molar-refractivity contribution in [3.63, 3.8) is 0 Å². The molecule has 1 unspecified atom stereocenters. The maximum atomic E-state index is 14.2. The summed E-state index contributed by atoms with van der Waals surface area (Å²) in [4.78, 5) is 10.5. The van der Waals surface area contributed by atoms with E-state index in [-0.39, 0.29) is 13.0 Å². The molecular formula is C12H13FO3. The van der Waals surface area contributed by atoms with E-state index in [1.165, 1.54) is 0 Å². The van der Waals surface area contributed by atoms with Gasteiger partial charge in [0.1, 0.15) is 0 Å². The zero-order valence-corrected chi connectivity index (χ0v) is 8.78. The van der Waals surface area contributed by atoms with Gasteiger partial charge < -0.3 is 9.84 Å². The summed E-state index contributed by atoms with van der Waals surface area (Å²) >= 11 is 0. The summed E-state index contributed by atoms with van der Waals surface area (Å²) in [5.74, 6) is -0.882. The van der Waals surface area contributed by atoms with E-state index >= 15 is 0 Å². The maximum absolute atomic E-state index is 14.2. The number of hydrogen-bond acceptors (Lipinski definition) is 2. The van der Waals surface area contributed by atoms with Crippen LogP contribution in [0.3, 0.4) is 0 Å². The maximum Gasteiger partial charge on any atom is 0.307 e. The largest absolute Gasteiger partial charge is 0.481 e. The van der Waals surface area contributed by atoms with Gasteiger partial charge in [-0.3, -0.25) is 4.79 Å². The fourth-order valence-corrected chi connectivity index (χ4v) is 1.86. The van der Waals surface area contributed by atoms with Crippen LogP contribution in [-0.4, -0.2) is 24.3 Å². The number of rotatable bonds is 3. The molecule has 1 aliphatic rings. The van der Waals surface area contributed by atoms with Crippen LogP contribution in [0.25, 0.3) is 0 Å². The number of halogens is 1. The lowest BCUT2D eigenvalue weighted by molar-refractivity contribution is -0.136. The van der Waals surface area contributed by atoms with Crippen molar-refractivity contribution in [3.8, 4) is 0 Å². The van der Waals surface area contributed by atoms with E-state index < -0.39 is 11.6 Å². The molecule has 86 valence electrons. The van der Waals surface area contributed by atoms with Crippen molar-refractivity contribution in [3.05, 3.63) is 35.4 Å². The lowest BCUT2D eigenvalue weighted by atomic mass is 9.94. The van der Waals surface area contributed by atoms with E-state index in [9.17, 15) is 9.18 Å². The molecule has 1 fully saturated rings. The first-order valence-electron chi connectivity index (χ1n) is 5.18. The Morgan fingerprint density at radius 1 is 1.44 bits per heavy atom. The van der Waals surface area contributed by atoms with Gasteiger partial charge in [-0.15, -0.1) is 0 Å². The predicted octanol–water partition coefficient (Wildman–Crippen LogP) is 1.90. The topological polar surface area (TPSA) is 46.5 Å². The highest BCUT2D eigenvalue weighted by Crippen LogP contribution is 2.34. The highest BCUT2D eigenvalue weighted by molar-refractivity contribution is 5.70. The number of carboxylic acid groups (broad SMARTS) is 1. The first-order valence-corrected chi connectivity index (χ1v) is 5.18. The number of carbonyl (C=O) groups is 1. The van der Waals surface area contributed by atoms with Gasteiger partial charge >= 0.3 is 5.97 Å². The van der Waals surface area contributed by atoms with Crippen molar-refractivity contribution in [2.75, 3.05) is 13.2 Å². The Bertz CT molecular complexity index is 380. The summed E-state index contributed by atoms with van der Waals surface area (Å²) in [7, 11) is 0. The molecule has 1 aliphatic heterocycles. The molecule has 0 spiro atoms. The minimum absolute atomic E-state index is 0.0317. The fraction of sp³-hybridized carbons (Fsp3) is 0.417. The van der Waals surface area contributed by atoms with Crippen LogP contribution in [0.5, 0.6) is 0 Å². The van der Waals surface area contributed by atoms with Crippen molar-refractivity contribution in [2.24, 2.45) is 0 Å². The molecule has 16 heavy (non-hydrogen) atoms. The van der Waals surface area contributed by atoms with Gasteiger partial charge in [0, 0.05) is 6.42 Å². The van der Waals surface area contributed by atoms with E-state index in [1.807, 2.05) is 0 Å². The number of aliphatic carboxylic acids is 1. The Hall–Kier alpha value is -1.42. The van der Waals surface area contributed by atoms with Gasteiger partial charge in [0.15, 0.2) is 5.67 Å². The second-order valence-corrected chi connectivity index (χ2v) is 4.04. The van der Waals surface area contributed by atoms with Crippen LogP contribution in [0.2, 0.25) is 0 Å². The minimum atomic E-state index is -1.40. The Morgan fingerprint density at radius 2 is 2.12 bits per heavy atom. The molecule has 0 amide bonds.